The Kier molecular flexibility index (Phi) is 2.48. The molecule has 16 heavy (non-hydrogen) atoms. The highest BCUT2D eigenvalue weighted by Crippen LogP contribution is 2.32. The van der Waals surface area contributed by atoms with Gasteiger partial charge in [-0.1, -0.05) is 23.6 Å². The molecule has 0 amide bonds. The molecule has 0 spiro atoms. The van der Waals surface area contributed by atoms with Gasteiger partial charge >= 0.3 is 0 Å². The highest BCUT2D eigenvalue weighted by Gasteiger charge is 2.22. The highest BCUT2D eigenvalue weighted by atomic mass is 35.5. The zero-order chi connectivity index (χ0) is 11.9. The molecular formula is C14H14ClN. The van der Waals surface area contributed by atoms with Gasteiger partial charge in [0.2, 0.25) is 0 Å². The summed E-state index contributed by atoms with van der Waals surface area (Å²) < 4.78 is 2.07. The lowest BCUT2D eigenvalue weighted by atomic mass is 9.85. The number of halogens is 1. The summed E-state index contributed by atoms with van der Waals surface area (Å²) in [6.07, 6.45) is 7.67. The second-order valence-corrected chi connectivity index (χ2v) is 5.02. The lowest BCUT2D eigenvalue weighted by molar-refractivity contribution is 0.701. The lowest BCUT2D eigenvalue weighted by Crippen LogP contribution is -2.13. The van der Waals surface area contributed by atoms with E-state index >= 15 is 0 Å². The van der Waals surface area contributed by atoms with Crippen molar-refractivity contribution >= 4 is 22.5 Å². The predicted octanol–water partition coefficient (Wildman–Crippen LogP) is 3.74. The van der Waals surface area contributed by atoms with Gasteiger partial charge < -0.3 is 4.57 Å². The van der Waals surface area contributed by atoms with Crippen LogP contribution in [0.4, 0.5) is 0 Å². The number of nitrogens with zero attached hydrogens (tertiary/aromatic N) is 1. The molecule has 2 rings (SSSR count). The van der Waals surface area contributed by atoms with Crippen LogP contribution >= 0.6 is 11.6 Å². The van der Waals surface area contributed by atoms with Crippen LogP contribution in [-0.4, -0.2) is 4.57 Å². The van der Waals surface area contributed by atoms with Crippen LogP contribution in [0.25, 0.3) is 10.9 Å². The normalized spacial score (nSPS) is 11.7. The molecule has 82 valence electrons. The maximum atomic E-state index is 5.99. The van der Waals surface area contributed by atoms with Gasteiger partial charge in [0.25, 0.3) is 0 Å². The lowest BCUT2D eigenvalue weighted by Gasteiger charge is -2.16. The molecular weight excluding hydrogens is 218 g/mol. The van der Waals surface area contributed by atoms with Crippen molar-refractivity contribution in [2.45, 2.75) is 19.3 Å². The SMILES string of the molecule is C#CC(C)(C)c1cn(C)c2cc(Cl)ccc12. The van der Waals surface area contributed by atoms with E-state index in [2.05, 4.69) is 30.5 Å². The van der Waals surface area contributed by atoms with Crippen LogP contribution in [0.3, 0.4) is 0 Å². The van der Waals surface area contributed by atoms with Crippen molar-refractivity contribution in [1.82, 2.24) is 4.57 Å². The number of fused-ring (bicyclic) bond motifs is 1. The number of benzene rings is 1. The Morgan fingerprint density at radius 2 is 2.06 bits per heavy atom. The molecule has 0 aliphatic rings. The Balaban J connectivity index is 2.80. The number of aryl methyl sites for hydroxylation is 1. The van der Waals surface area contributed by atoms with Crippen LogP contribution in [-0.2, 0) is 12.5 Å². The van der Waals surface area contributed by atoms with E-state index in [0.29, 0.717) is 0 Å². The number of hydrogen-bond acceptors (Lipinski definition) is 0. The first-order valence-electron chi connectivity index (χ1n) is 5.18. The molecule has 2 heteroatoms. The van der Waals surface area contributed by atoms with E-state index in [1.807, 2.05) is 25.2 Å². The van der Waals surface area contributed by atoms with E-state index in [9.17, 15) is 0 Å². The van der Waals surface area contributed by atoms with Crippen LogP contribution in [0.2, 0.25) is 5.02 Å². The maximum absolute atomic E-state index is 5.99. The minimum atomic E-state index is -0.257. The molecule has 0 N–H and O–H groups in total. The monoisotopic (exact) mass is 231 g/mol. The third-order valence-electron chi connectivity index (χ3n) is 2.99. The zero-order valence-corrected chi connectivity index (χ0v) is 10.5. The second-order valence-electron chi connectivity index (χ2n) is 4.58. The van der Waals surface area contributed by atoms with E-state index in [-0.39, 0.29) is 5.41 Å². The average molecular weight is 232 g/mol. The molecule has 0 atom stereocenters. The summed E-state index contributed by atoms with van der Waals surface area (Å²) in [5.41, 5.74) is 2.03. The molecule has 0 saturated heterocycles. The van der Waals surface area contributed by atoms with E-state index < -0.39 is 0 Å². The first-order chi connectivity index (χ1) is 7.45. The first kappa shape index (κ1) is 11.1. The summed E-state index contributed by atoms with van der Waals surface area (Å²) in [7, 11) is 2.01. The summed E-state index contributed by atoms with van der Waals surface area (Å²) in [6, 6.07) is 5.90. The van der Waals surface area contributed by atoms with Crippen molar-refractivity contribution in [2.24, 2.45) is 7.05 Å². The average Bonchev–Trinajstić information content (AvgIpc) is 2.57. The van der Waals surface area contributed by atoms with Gasteiger partial charge in [0, 0.05) is 29.2 Å². The van der Waals surface area contributed by atoms with E-state index in [1.54, 1.807) is 0 Å². The molecule has 1 aromatic heterocycles. The zero-order valence-electron chi connectivity index (χ0n) is 9.71. The van der Waals surface area contributed by atoms with Gasteiger partial charge in [-0.25, -0.2) is 0 Å². The Labute approximate surface area is 101 Å². The third-order valence-corrected chi connectivity index (χ3v) is 3.22. The predicted molar refractivity (Wildman–Crippen MR) is 69.8 cm³/mol. The molecule has 0 aliphatic heterocycles. The standard InChI is InChI=1S/C14H14ClN/c1-5-14(2,3)12-9-16(4)13-8-10(15)6-7-11(12)13/h1,6-9H,2-4H3. The highest BCUT2D eigenvalue weighted by molar-refractivity contribution is 6.31. The van der Waals surface area contributed by atoms with Crippen molar-refractivity contribution in [3.63, 3.8) is 0 Å². The van der Waals surface area contributed by atoms with Crippen LogP contribution in [0, 0.1) is 12.3 Å². The number of terminal acetylenes is 1. The van der Waals surface area contributed by atoms with Crippen molar-refractivity contribution in [1.29, 1.82) is 0 Å². The van der Waals surface area contributed by atoms with Gasteiger partial charge in [-0.05, 0) is 31.5 Å². The van der Waals surface area contributed by atoms with Gasteiger partial charge in [0.05, 0.1) is 5.41 Å². The number of aromatic nitrogens is 1. The maximum Gasteiger partial charge on any atom is 0.0525 e. The van der Waals surface area contributed by atoms with Gasteiger partial charge in [0.15, 0.2) is 0 Å². The Bertz CT molecular complexity index is 585. The van der Waals surface area contributed by atoms with Crippen molar-refractivity contribution < 1.29 is 0 Å². The molecule has 0 fully saturated rings. The first-order valence-corrected chi connectivity index (χ1v) is 5.56. The summed E-state index contributed by atoms with van der Waals surface area (Å²) in [5, 5.41) is 1.92. The Morgan fingerprint density at radius 3 is 2.69 bits per heavy atom. The fourth-order valence-corrected chi connectivity index (χ4v) is 2.10. The third kappa shape index (κ3) is 1.60. The fourth-order valence-electron chi connectivity index (χ4n) is 1.93. The summed E-state index contributed by atoms with van der Waals surface area (Å²) in [4.78, 5) is 0. The summed E-state index contributed by atoms with van der Waals surface area (Å²) in [5.74, 6) is 2.83. The molecule has 1 heterocycles. The number of rotatable bonds is 1. The smallest absolute Gasteiger partial charge is 0.0525 e. The Morgan fingerprint density at radius 1 is 1.38 bits per heavy atom. The molecule has 2 aromatic rings. The minimum Gasteiger partial charge on any atom is -0.350 e. The van der Waals surface area contributed by atoms with Crippen LogP contribution < -0.4 is 0 Å². The topological polar surface area (TPSA) is 4.93 Å². The molecule has 1 aromatic carbocycles. The molecule has 0 unspecified atom stereocenters. The van der Waals surface area contributed by atoms with Crippen LogP contribution in [0.5, 0.6) is 0 Å². The van der Waals surface area contributed by atoms with Gasteiger partial charge in [0.1, 0.15) is 0 Å². The van der Waals surface area contributed by atoms with Crippen LogP contribution in [0.15, 0.2) is 24.4 Å². The minimum absolute atomic E-state index is 0.257. The van der Waals surface area contributed by atoms with Crippen LogP contribution in [0.1, 0.15) is 19.4 Å². The quantitative estimate of drug-likeness (QED) is 0.659. The van der Waals surface area contributed by atoms with E-state index in [0.717, 1.165) is 10.5 Å². The van der Waals surface area contributed by atoms with Gasteiger partial charge in [-0.15, -0.1) is 6.42 Å². The van der Waals surface area contributed by atoms with Gasteiger partial charge in [-0.2, -0.15) is 0 Å². The number of hydrogen-bond donors (Lipinski definition) is 0. The summed E-state index contributed by atoms with van der Waals surface area (Å²) >= 11 is 5.99. The molecule has 1 nitrogen and oxygen atoms in total. The van der Waals surface area contributed by atoms with Crippen molar-refractivity contribution in [3.05, 3.63) is 35.0 Å². The van der Waals surface area contributed by atoms with E-state index in [4.69, 9.17) is 18.0 Å². The largest absolute Gasteiger partial charge is 0.350 e. The van der Waals surface area contributed by atoms with E-state index in [1.165, 1.54) is 10.9 Å². The van der Waals surface area contributed by atoms with Gasteiger partial charge in [-0.3, -0.25) is 0 Å². The summed E-state index contributed by atoms with van der Waals surface area (Å²) in [6.45, 7) is 4.10. The molecule has 0 radical (unpaired) electrons. The van der Waals surface area contributed by atoms with Crippen molar-refractivity contribution in [3.8, 4) is 12.3 Å². The molecule has 0 bridgehead atoms. The van der Waals surface area contributed by atoms with Crippen molar-refractivity contribution in [2.75, 3.05) is 0 Å². The molecule has 0 saturated carbocycles. The second kappa shape index (κ2) is 3.57. The molecule has 0 aliphatic carbocycles. The fraction of sp³-hybridized carbons (Fsp3) is 0.286. The Hall–Kier alpha value is -1.39.